The van der Waals surface area contributed by atoms with Crippen molar-refractivity contribution < 1.29 is 4.39 Å². The van der Waals surface area contributed by atoms with E-state index in [4.69, 9.17) is 4.98 Å². The van der Waals surface area contributed by atoms with Crippen LogP contribution in [-0.2, 0) is 0 Å². The Morgan fingerprint density at radius 3 is 1.31 bits per heavy atom. The third-order valence-corrected chi connectivity index (χ3v) is 8.01. The van der Waals surface area contributed by atoms with Gasteiger partial charge in [-0.25, -0.2) is 4.98 Å². The first-order valence-electron chi connectivity index (χ1n) is 14.3. The Kier molecular flexibility index (Phi) is 18.5. The fourth-order valence-electron chi connectivity index (χ4n) is 4.84. The van der Waals surface area contributed by atoms with Crippen molar-refractivity contribution in [3.05, 3.63) is 15.8 Å². The van der Waals surface area contributed by atoms with Gasteiger partial charge in [-0.3, -0.25) is 0 Å². The molecule has 0 unspecified atom stereocenters. The molecule has 0 fully saturated rings. The SMILES string of the molecule is CCCCCCC(CCCCCC)c1nc(C(CCCCCC)CCCCCC)c(F)s1. The highest BCUT2D eigenvalue weighted by Crippen LogP contribution is 2.37. The molecule has 0 saturated heterocycles. The van der Waals surface area contributed by atoms with E-state index in [2.05, 4.69) is 27.7 Å². The van der Waals surface area contributed by atoms with Crippen molar-refractivity contribution in [3.63, 3.8) is 0 Å². The zero-order valence-electron chi connectivity index (χ0n) is 22.0. The molecule has 0 saturated carbocycles. The summed E-state index contributed by atoms with van der Waals surface area (Å²) in [5.41, 5.74) is 0.824. The highest BCUT2D eigenvalue weighted by molar-refractivity contribution is 7.10. The van der Waals surface area contributed by atoms with Gasteiger partial charge in [0.15, 0.2) is 5.13 Å². The number of nitrogens with zero attached hydrogens (tertiary/aromatic N) is 1. The number of thiazole rings is 1. The highest BCUT2D eigenvalue weighted by Gasteiger charge is 2.24. The Morgan fingerprint density at radius 1 is 0.562 bits per heavy atom. The highest BCUT2D eigenvalue weighted by atomic mass is 32.1. The number of aromatic nitrogens is 1. The normalized spacial score (nSPS) is 11.8. The van der Waals surface area contributed by atoms with Crippen LogP contribution in [0.1, 0.15) is 179 Å². The van der Waals surface area contributed by atoms with Gasteiger partial charge in [0.1, 0.15) is 0 Å². The number of rotatable bonds is 22. The molecule has 32 heavy (non-hydrogen) atoms. The first-order chi connectivity index (χ1) is 15.7. The topological polar surface area (TPSA) is 12.9 Å². The molecule has 3 heteroatoms. The molecule has 0 atom stereocenters. The first kappa shape index (κ1) is 29.6. The summed E-state index contributed by atoms with van der Waals surface area (Å²) >= 11 is 1.39. The quantitative estimate of drug-likeness (QED) is 0.154. The lowest BCUT2D eigenvalue weighted by Gasteiger charge is -2.16. The van der Waals surface area contributed by atoms with Crippen molar-refractivity contribution in [2.24, 2.45) is 0 Å². The van der Waals surface area contributed by atoms with Crippen molar-refractivity contribution in [1.82, 2.24) is 4.98 Å². The van der Waals surface area contributed by atoms with Gasteiger partial charge in [0.05, 0.1) is 10.7 Å². The summed E-state index contributed by atoms with van der Waals surface area (Å²) in [6.07, 6.45) is 25.0. The maximum absolute atomic E-state index is 15.2. The van der Waals surface area contributed by atoms with E-state index in [1.54, 1.807) is 0 Å². The smallest absolute Gasteiger partial charge is 0.199 e. The lowest BCUT2D eigenvalue weighted by molar-refractivity contribution is 0.467. The lowest BCUT2D eigenvalue weighted by atomic mass is 9.91. The van der Waals surface area contributed by atoms with Gasteiger partial charge in [0, 0.05) is 11.8 Å². The van der Waals surface area contributed by atoms with Crippen molar-refractivity contribution in [2.75, 3.05) is 0 Å². The van der Waals surface area contributed by atoms with Crippen LogP contribution in [0.5, 0.6) is 0 Å². The van der Waals surface area contributed by atoms with E-state index in [0.717, 1.165) is 23.5 Å². The molecule has 0 radical (unpaired) electrons. The van der Waals surface area contributed by atoms with Crippen LogP contribution in [0.15, 0.2) is 0 Å². The summed E-state index contributed by atoms with van der Waals surface area (Å²) in [6.45, 7) is 9.06. The molecule has 0 amide bonds. The van der Waals surface area contributed by atoms with Crippen LogP contribution in [0, 0.1) is 5.13 Å². The van der Waals surface area contributed by atoms with E-state index in [-0.39, 0.29) is 5.13 Å². The maximum atomic E-state index is 15.2. The summed E-state index contributed by atoms with van der Waals surface area (Å²) in [7, 11) is 0. The Balaban J connectivity index is 2.85. The standard InChI is InChI=1S/C29H54FNS/c1-5-9-13-17-21-25(22-18-14-10-6-2)27-28(30)32-29(31-27)26(23-19-15-11-7-3)24-20-16-12-8-4/h25-26H,5-24H2,1-4H3. The predicted molar refractivity (Wildman–Crippen MR) is 143 cm³/mol. The summed E-state index contributed by atoms with van der Waals surface area (Å²) < 4.78 is 15.2. The minimum Gasteiger partial charge on any atom is -0.242 e. The zero-order chi connectivity index (χ0) is 23.4. The lowest BCUT2D eigenvalue weighted by Crippen LogP contribution is -2.04. The Morgan fingerprint density at radius 2 is 0.938 bits per heavy atom. The Hall–Kier alpha value is -0.440. The molecule has 1 aromatic rings. The maximum Gasteiger partial charge on any atom is 0.199 e. The van der Waals surface area contributed by atoms with Crippen molar-refractivity contribution >= 4 is 11.3 Å². The van der Waals surface area contributed by atoms with Crippen molar-refractivity contribution in [2.45, 2.75) is 168 Å². The van der Waals surface area contributed by atoms with Crippen LogP contribution < -0.4 is 0 Å². The van der Waals surface area contributed by atoms with E-state index in [9.17, 15) is 0 Å². The molecule has 1 aromatic heterocycles. The molecule has 0 N–H and O–H groups in total. The molecule has 1 rings (SSSR count). The van der Waals surface area contributed by atoms with E-state index in [1.165, 1.54) is 127 Å². The summed E-state index contributed by atoms with van der Waals surface area (Å²) in [4.78, 5) is 5.05. The molecule has 0 aromatic carbocycles. The van der Waals surface area contributed by atoms with Gasteiger partial charge in [-0.2, -0.15) is 4.39 Å². The van der Waals surface area contributed by atoms with Gasteiger partial charge in [-0.1, -0.05) is 142 Å². The van der Waals surface area contributed by atoms with Crippen LogP contribution in [0.3, 0.4) is 0 Å². The molecule has 0 aliphatic rings. The molecule has 0 spiro atoms. The molecule has 0 bridgehead atoms. The largest absolute Gasteiger partial charge is 0.242 e. The Labute approximate surface area is 204 Å². The fraction of sp³-hybridized carbons (Fsp3) is 0.897. The number of hydrogen-bond donors (Lipinski definition) is 0. The van der Waals surface area contributed by atoms with Crippen LogP contribution in [0.2, 0.25) is 0 Å². The van der Waals surface area contributed by atoms with Crippen molar-refractivity contribution in [1.29, 1.82) is 0 Å². The van der Waals surface area contributed by atoms with E-state index in [0.29, 0.717) is 11.8 Å². The molecular formula is C29H54FNS. The molecular weight excluding hydrogens is 413 g/mol. The monoisotopic (exact) mass is 467 g/mol. The number of hydrogen-bond acceptors (Lipinski definition) is 2. The van der Waals surface area contributed by atoms with E-state index < -0.39 is 0 Å². The molecule has 0 aliphatic heterocycles. The molecule has 188 valence electrons. The summed E-state index contributed by atoms with van der Waals surface area (Å²) in [5, 5.41) is 1.14. The van der Waals surface area contributed by atoms with Gasteiger partial charge in [0.2, 0.25) is 0 Å². The van der Waals surface area contributed by atoms with Gasteiger partial charge >= 0.3 is 0 Å². The second kappa shape index (κ2) is 20.0. The minimum atomic E-state index is 0.0306. The van der Waals surface area contributed by atoms with Gasteiger partial charge in [-0.15, -0.1) is 0 Å². The summed E-state index contributed by atoms with van der Waals surface area (Å²) in [5.74, 6) is 0.798. The molecule has 1 heterocycles. The van der Waals surface area contributed by atoms with Gasteiger partial charge < -0.3 is 0 Å². The van der Waals surface area contributed by atoms with Gasteiger partial charge in [-0.05, 0) is 25.7 Å². The zero-order valence-corrected chi connectivity index (χ0v) is 22.8. The second-order valence-corrected chi connectivity index (χ2v) is 11.0. The van der Waals surface area contributed by atoms with Gasteiger partial charge in [0.25, 0.3) is 0 Å². The van der Waals surface area contributed by atoms with E-state index in [1.807, 2.05) is 0 Å². The number of unbranched alkanes of at least 4 members (excludes halogenated alkanes) is 12. The first-order valence-corrected chi connectivity index (χ1v) is 15.1. The van der Waals surface area contributed by atoms with Crippen LogP contribution in [-0.4, -0.2) is 4.98 Å². The average molecular weight is 468 g/mol. The fourth-order valence-corrected chi connectivity index (χ4v) is 5.88. The Bertz CT molecular complexity index is 517. The summed E-state index contributed by atoms with van der Waals surface area (Å²) in [6, 6.07) is 0. The minimum absolute atomic E-state index is 0.0306. The van der Waals surface area contributed by atoms with Crippen LogP contribution in [0.4, 0.5) is 4.39 Å². The van der Waals surface area contributed by atoms with Crippen LogP contribution in [0.25, 0.3) is 0 Å². The third-order valence-electron chi connectivity index (χ3n) is 6.99. The predicted octanol–water partition coefficient (Wildman–Crippen LogP) is 11.3. The second-order valence-electron chi connectivity index (χ2n) is 10.0. The molecule has 0 aliphatic carbocycles. The van der Waals surface area contributed by atoms with Crippen molar-refractivity contribution in [3.8, 4) is 0 Å². The molecule has 1 nitrogen and oxygen atoms in total. The third kappa shape index (κ3) is 12.7. The number of halogens is 1. The van der Waals surface area contributed by atoms with E-state index >= 15 is 4.39 Å². The average Bonchev–Trinajstić information content (AvgIpc) is 3.18. The van der Waals surface area contributed by atoms with Crippen LogP contribution >= 0.6 is 11.3 Å².